The van der Waals surface area contributed by atoms with Gasteiger partial charge in [-0.3, -0.25) is 0 Å². The molecular formula is C23H32Si. The molecule has 0 unspecified atom stereocenters. The summed E-state index contributed by atoms with van der Waals surface area (Å²) in [5, 5.41) is 3.35. The number of allylic oxidation sites excluding steroid dienone is 2. The Morgan fingerprint density at radius 1 is 0.792 bits per heavy atom. The lowest BCUT2D eigenvalue weighted by atomic mass is 10.2. The van der Waals surface area contributed by atoms with E-state index < -0.39 is 8.07 Å². The molecule has 0 fully saturated rings. The Morgan fingerprint density at radius 2 is 1.29 bits per heavy atom. The van der Waals surface area contributed by atoms with Gasteiger partial charge in [-0.1, -0.05) is 124 Å². The minimum atomic E-state index is -1.90. The molecule has 0 saturated carbocycles. The van der Waals surface area contributed by atoms with Gasteiger partial charge in [0.15, 0.2) is 0 Å². The normalized spacial score (nSPS) is 12.7. The van der Waals surface area contributed by atoms with Crippen LogP contribution in [0.15, 0.2) is 72.8 Å². The summed E-state index contributed by atoms with van der Waals surface area (Å²) in [5.74, 6) is 0. The largest absolute Gasteiger partial charge is 0.126 e. The second-order valence-corrected chi connectivity index (χ2v) is 12.6. The molecule has 0 bridgehead atoms. The highest BCUT2D eigenvalue weighted by molar-refractivity contribution is 7.04. The molecule has 2 aromatic rings. The van der Waals surface area contributed by atoms with Crippen molar-refractivity contribution in [2.75, 3.05) is 0 Å². The Balaban J connectivity index is 2.51. The molecule has 0 radical (unpaired) electrons. The van der Waals surface area contributed by atoms with Gasteiger partial charge in [0.2, 0.25) is 0 Å². The van der Waals surface area contributed by atoms with Crippen LogP contribution in [0, 0.1) is 0 Å². The van der Waals surface area contributed by atoms with Gasteiger partial charge >= 0.3 is 0 Å². The van der Waals surface area contributed by atoms with Crippen LogP contribution in [0.25, 0.3) is 0 Å². The van der Waals surface area contributed by atoms with Crippen LogP contribution in [-0.2, 0) is 0 Å². The Labute approximate surface area is 149 Å². The number of unbranched alkanes of at least 4 members (excludes halogenated alkanes) is 2. The molecule has 2 rings (SSSR count). The van der Waals surface area contributed by atoms with E-state index in [0.29, 0.717) is 0 Å². The summed E-state index contributed by atoms with van der Waals surface area (Å²) in [5.41, 5.74) is 0. The molecule has 0 aliphatic carbocycles. The number of benzene rings is 2. The fourth-order valence-corrected chi connectivity index (χ4v) is 8.91. The Kier molecular flexibility index (Phi) is 6.62. The summed E-state index contributed by atoms with van der Waals surface area (Å²) in [6.07, 6.45) is 8.63. The fourth-order valence-electron chi connectivity index (χ4n) is 3.72. The van der Waals surface area contributed by atoms with Crippen LogP contribution in [0.4, 0.5) is 0 Å². The average Bonchev–Trinajstić information content (AvgIpc) is 2.59. The molecule has 0 saturated heterocycles. The van der Waals surface area contributed by atoms with Gasteiger partial charge in [0, 0.05) is 0 Å². The maximum atomic E-state index is 2.47. The Morgan fingerprint density at radius 3 is 1.71 bits per heavy atom. The fraction of sp³-hybridized carbons (Fsp3) is 0.391. The molecule has 1 heteroatoms. The second kappa shape index (κ2) is 8.48. The van der Waals surface area contributed by atoms with Crippen molar-refractivity contribution in [2.24, 2.45) is 0 Å². The number of hydrogen-bond acceptors (Lipinski definition) is 0. The van der Waals surface area contributed by atoms with Gasteiger partial charge < -0.3 is 0 Å². The zero-order valence-electron chi connectivity index (χ0n) is 15.8. The topological polar surface area (TPSA) is 0 Å². The van der Waals surface area contributed by atoms with E-state index in [0.717, 1.165) is 0 Å². The first-order chi connectivity index (χ1) is 11.5. The van der Waals surface area contributed by atoms with E-state index in [1.807, 2.05) is 0 Å². The third-order valence-electron chi connectivity index (χ3n) is 5.13. The van der Waals surface area contributed by atoms with E-state index in [-0.39, 0.29) is 5.04 Å². The van der Waals surface area contributed by atoms with Crippen LogP contribution in [0.1, 0.15) is 47.0 Å². The van der Waals surface area contributed by atoms with Crippen molar-refractivity contribution in [3.05, 3.63) is 72.8 Å². The lowest BCUT2D eigenvalue weighted by Crippen LogP contribution is -2.63. The van der Waals surface area contributed by atoms with E-state index in [9.17, 15) is 0 Å². The summed E-state index contributed by atoms with van der Waals surface area (Å²) in [6, 6.07) is 23.6. The van der Waals surface area contributed by atoms with Crippen molar-refractivity contribution in [1.29, 1.82) is 0 Å². The predicted molar refractivity (Wildman–Crippen MR) is 111 cm³/mol. The van der Waals surface area contributed by atoms with E-state index in [2.05, 4.69) is 101 Å². The molecule has 24 heavy (non-hydrogen) atoms. The molecule has 128 valence electrons. The lowest BCUT2D eigenvalue weighted by Gasteiger charge is -2.43. The van der Waals surface area contributed by atoms with Crippen LogP contribution in [-0.4, -0.2) is 8.07 Å². The summed E-state index contributed by atoms with van der Waals surface area (Å²) < 4.78 is 0. The van der Waals surface area contributed by atoms with Crippen molar-refractivity contribution in [3.8, 4) is 0 Å². The maximum Gasteiger partial charge on any atom is 0.126 e. The third-order valence-corrected chi connectivity index (χ3v) is 11.2. The first-order valence-corrected chi connectivity index (χ1v) is 11.5. The minimum Gasteiger partial charge on any atom is -0.0905 e. The molecule has 0 spiro atoms. The van der Waals surface area contributed by atoms with Crippen LogP contribution in [0.2, 0.25) is 11.1 Å². The molecule has 0 N–H and O–H groups in total. The van der Waals surface area contributed by atoms with Crippen molar-refractivity contribution >= 4 is 18.4 Å². The standard InChI is InChI=1S/C23H32Si/c1-5-6-7-8-15-20-24(23(2,3)4,21-16-11-9-12-17-21)22-18-13-10-14-19-22/h8-19H,5-7,20H2,1-4H3/b15-8-. The molecule has 0 aliphatic heterocycles. The third kappa shape index (κ3) is 4.07. The van der Waals surface area contributed by atoms with Crippen molar-refractivity contribution in [1.82, 2.24) is 0 Å². The first kappa shape index (κ1) is 18.7. The Bertz CT molecular complexity index is 581. The molecule has 0 atom stereocenters. The van der Waals surface area contributed by atoms with Gasteiger partial charge in [0.1, 0.15) is 8.07 Å². The highest BCUT2D eigenvalue weighted by atomic mass is 28.3. The van der Waals surface area contributed by atoms with Gasteiger partial charge in [-0.25, -0.2) is 0 Å². The molecule has 0 heterocycles. The average molecular weight is 337 g/mol. The highest BCUT2D eigenvalue weighted by Crippen LogP contribution is 2.38. The summed E-state index contributed by atoms with van der Waals surface area (Å²) >= 11 is 0. The van der Waals surface area contributed by atoms with Crippen molar-refractivity contribution < 1.29 is 0 Å². The van der Waals surface area contributed by atoms with E-state index in [1.54, 1.807) is 10.4 Å². The number of hydrogen-bond donors (Lipinski definition) is 0. The number of rotatable bonds is 7. The molecule has 0 nitrogen and oxygen atoms in total. The van der Waals surface area contributed by atoms with E-state index in [1.165, 1.54) is 25.3 Å². The van der Waals surface area contributed by atoms with E-state index in [4.69, 9.17) is 0 Å². The van der Waals surface area contributed by atoms with Crippen LogP contribution in [0.3, 0.4) is 0 Å². The van der Waals surface area contributed by atoms with Crippen molar-refractivity contribution in [2.45, 2.75) is 58.0 Å². The zero-order chi connectivity index (χ0) is 17.5. The minimum absolute atomic E-state index is 0.255. The van der Waals surface area contributed by atoms with Gasteiger partial charge in [-0.15, -0.1) is 0 Å². The van der Waals surface area contributed by atoms with E-state index >= 15 is 0 Å². The Hall–Kier alpha value is -1.60. The maximum absolute atomic E-state index is 2.47. The van der Waals surface area contributed by atoms with Crippen molar-refractivity contribution in [3.63, 3.8) is 0 Å². The zero-order valence-corrected chi connectivity index (χ0v) is 16.8. The lowest BCUT2D eigenvalue weighted by molar-refractivity contribution is 0.730. The smallest absolute Gasteiger partial charge is 0.0905 e. The molecular weight excluding hydrogens is 304 g/mol. The van der Waals surface area contributed by atoms with Gasteiger partial charge in [0.25, 0.3) is 0 Å². The summed E-state index contributed by atoms with van der Waals surface area (Å²) in [7, 11) is -1.90. The predicted octanol–water partition coefficient (Wildman–Crippen LogP) is 5.80. The molecule has 0 aromatic heterocycles. The van der Waals surface area contributed by atoms with Gasteiger partial charge in [-0.2, -0.15) is 0 Å². The van der Waals surface area contributed by atoms with Gasteiger partial charge in [0.05, 0.1) is 0 Å². The SMILES string of the molecule is CCCC/C=C\C[Si](c1ccccc1)(c1ccccc1)C(C)(C)C. The summed E-state index contributed by atoms with van der Waals surface area (Å²) in [4.78, 5) is 0. The quantitative estimate of drug-likeness (QED) is 0.341. The summed E-state index contributed by atoms with van der Waals surface area (Å²) in [6.45, 7) is 9.55. The highest BCUT2D eigenvalue weighted by Gasteiger charge is 2.46. The first-order valence-electron chi connectivity index (χ1n) is 9.28. The monoisotopic (exact) mass is 336 g/mol. The second-order valence-electron chi connectivity index (χ2n) is 7.71. The molecule has 2 aromatic carbocycles. The van der Waals surface area contributed by atoms with Crippen LogP contribution in [0.5, 0.6) is 0 Å². The van der Waals surface area contributed by atoms with Gasteiger partial charge in [-0.05, 0) is 17.5 Å². The van der Waals surface area contributed by atoms with Crippen LogP contribution >= 0.6 is 0 Å². The van der Waals surface area contributed by atoms with Crippen LogP contribution < -0.4 is 10.4 Å². The molecule has 0 amide bonds. The molecule has 0 aliphatic rings.